The molecule has 2 unspecified atom stereocenters. The van der Waals surface area contributed by atoms with Crippen LogP contribution in [0.4, 0.5) is 0 Å². The third-order valence-corrected chi connectivity index (χ3v) is 3.02. The molecule has 17 heavy (non-hydrogen) atoms. The molecule has 2 atom stereocenters. The Kier molecular flexibility index (Phi) is 3.71. The lowest BCUT2D eigenvalue weighted by Gasteiger charge is -2.35. The van der Waals surface area contributed by atoms with E-state index in [1.807, 2.05) is 4.90 Å². The zero-order chi connectivity index (χ0) is 12.3. The smallest absolute Gasteiger partial charge is 0.325 e. The summed E-state index contributed by atoms with van der Waals surface area (Å²) in [6.07, 6.45) is 3.27. The average Bonchev–Trinajstić information content (AvgIpc) is 2.30. The highest BCUT2D eigenvalue weighted by Gasteiger charge is 2.30. The van der Waals surface area contributed by atoms with Crippen molar-refractivity contribution in [3.8, 4) is 0 Å². The molecule has 1 saturated heterocycles. The second-order valence-electron chi connectivity index (χ2n) is 4.37. The molecular formula is C12H17N3O2. The van der Waals surface area contributed by atoms with Gasteiger partial charge in [-0.05, 0) is 24.6 Å². The molecule has 2 heterocycles. The van der Waals surface area contributed by atoms with Gasteiger partial charge in [-0.2, -0.15) is 0 Å². The first-order valence-electron chi connectivity index (χ1n) is 5.78. The van der Waals surface area contributed by atoms with Crippen LogP contribution in [0.2, 0.25) is 0 Å². The summed E-state index contributed by atoms with van der Waals surface area (Å²) in [7, 11) is 0. The molecule has 0 aliphatic carbocycles. The molecule has 92 valence electrons. The Labute approximate surface area is 100 Å². The highest BCUT2D eigenvalue weighted by atomic mass is 16.4. The van der Waals surface area contributed by atoms with Crippen LogP contribution in [0.5, 0.6) is 0 Å². The topological polar surface area (TPSA) is 65.5 Å². The third-order valence-electron chi connectivity index (χ3n) is 3.02. The molecule has 1 fully saturated rings. The number of pyridine rings is 1. The standard InChI is InChI=1S/C12H17N3O2/c1-9-8-15(7-6-14-9)11(12(16)17)10-2-4-13-5-3-10/h2-5,9,11,14H,6-8H2,1H3,(H,16,17). The summed E-state index contributed by atoms with van der Waals surface area (Å²) in [5, 5.41) is 12.7. The maximum atomic E-state index is 11.4. The van der Waals surface area contributed by atoms with Crippen LogP contribution < -0.4 is 5.32 Å². The molecule has 2 rings (SSSR count). The summed E-state index contributed by atoms with van der Waals surface area (Å²) < 4.78 is 0. The van der Waals surface area contributed by atoms with E-state index < -0.39 is 12.0 Å². The Bertz CT molecular complexity index is 383. The van der Waals surface area contributed by atoms with E-state index in [1.54, 1.807) is 24.5 Å². The number of rotatable bonds is 3. The predicted octanol–water partition coefficient (Wildman–Crippen LogP) is 0.501. The van der Waals surface area contributed by atoms with E-state index in [2.05, 4.69) is 17.2 Å². The molecular weight excluding hydrogens is 218 g/mol. The van der Waals surface area contributed by atoms with Gasteiger partial charge in [-0.3, -0.25) is 14.7 Å². The SMILES string of the molecule is CC1CN(C(C(=O)O)c2ccncc2)CCN1. The highest BCUT2D eigenvalue weighted by molar-refractivity contribution is 5.75. The largest absolute Gasteiger partial charge is 0.480 e. The molecule has 1 aromatic heterocycles. The van der Waals surface area contributed by atoms with E-state index in [9.17, 15) is 9.90 Å². The van der Waals surface area contributed by atoms with Gasteiger partial charge in [-0.15, -0.1) is 0 Å². The summed E-state index contributed by atoms with van der Waals surface area (Å²) in [5.74, 6) is -0.801. The lowest BCUT2D eigenvalue weighted by Crippen LogP contribution is -2.51. The van der Waals surface area contributed by atoms with E-state index in [4.69, 9.17) is 0 Å². The number of hydrogen-bond acceptors (Lipinski definition) is 4. The third kappa shape index (κ3) is 2.81. The Balaban J connectivity index is 2.20. The number of aliphatic carboxylic acids is 1. The minimum absolute atomic E-state index is 0.326. The van der Waals surface area contributed by atoms with Crippen molar-refractivity contribution in [1.29, 1.82) is 0 Å². The van der Waals surface area contributed by atoms with Crippen molar-refractivity contribution in [1.82, 2.24) is 15.2 Å². The molecule has 1 aromatic rings. The number of carboxylic acids is 1. The van der Waals surface area contributed by atoms with Crippen LogP contribution in [-0.4, -0.2) is 46.6 Å². The number of nitrogens with zero attached hydrogens (tertiary/aromatic N) is 2. The maximum Gasteiger partial charge on any atom is 0.325 e. The highest BCUT2D eigenvalue weighted by Crippen LogP contribution is 2.21. The number of hydrogen-bond donors (Lipinski definition) is 2. The first-order chi connectivity index (χ1) is 8.18. The van der Waals surface area contributed by atoms with Crippen LogP contribution in [-0.2, 0) is 4.79 Å². The molecule has 0 saturated carbocycles. The van der Waals surface area contributed by atoms with Gasteiger partial charge in [0.15, 0.2) is 0 Å². The van der Waals surface area contributed by atoms with Crippen molar-refractivity contribution in [2.24, 2.45) is 0 Å². The quantitative estimate of drug-likeness (QED) is 0.798. The Hall–Kier alpha value is -1.46. The minimum atomic E-state index is -0.801. The van der Waals surface area contributed by atoms with Crippen molar-refractivity contribution >= 4 is 5.97 Å². The summed E-state index contributed by atoms with van der Waals surface area (Å²) >= 11 is 0. The number of carboxylic acid groups (broad SMARTS) is 1. The second kappa shape index (κ2) is 5.25. The van der Waals surface area contributed by atoms with Crippen LogP contribution in [0.1, 0.15) is 18.5 Å². The average molecular weight is 235 g/mol. The fourth-order valence-electron chi connectivity index (χ4n) is 2.25. The van der Waals surface area contributed by atoms with Crippen LogP contribution >= 0.6 is 0 Å². The zero-order valence-corrected chi connectivity index (χ0v) is 9.84. The van der Waals surface area contributed by atoms with Crippen molar-refractivity contribution < 1.29 is 9.90 Å². The molecule has 0 aromatic carbocycles. The number of aromatic nitrogens is 1. The van der Waals surface area contributed by atoms with Crippen LogP contribution in [0.25, 0.3) is 0 Å². The second-order valence-corrected chi connectivity index (χ2v) is 4.37. The number of carbonyl (C=O) groups is 1. The fourth-order valence-corrected chi connectivity index (χ4v) is 2.25. The first kappa shape index (κ1) is 12.0. The molecule has 0 spiro atoms. The van der Waals surface area contributed by atoms with E-state index in [0.29, 0.717) is 6.04 Å². The van der Waals surface area contributed by atoms with Gasteiger partial charge in [-0.1, -0.05) is 0 Å². The van der Waals surface area contributed by atoms with E-state index in [-0.39, 0.29) is 0 Å². The van der Waals surface area contributed by atoms with Crippen molar-refractivity contribution in [2.45, 2.75) is 19.0 Å². The van der Waals surface area contributed by atoms with Gasteiger partial charge >= 0.3 is 5.97 Å². The van der Waals surface area contributed by atoms with Gasteiger partial charge in [0.05, 0.1) is 0 Å². The molecule has 5 nitrogen and oxygen atoms in total. The van der Waals surface area contributed by atoms with Crippen LogP contribution in [0.3, 0.4) is 0 Å². The normalized spacial score (nSPS) is 23.2. The van der Waals surface area contributed by atoms with Crippen molar-refractivity contribution in [3.05, 3.63) is 30.1 Å². The van der Waals surface area contributed by atoms with E-state index in [1.165, 1.54) is 0 Å². The lowest BCUT2D eigenvalue weighted by atomic mass is 10.1. The molecule has 1 aliphatic heterocycles. The molecule has 1 aliphatic rings. The Morgan fingerprint density at radius 3 is 2.88 bits per heavy atom. The summed E-state index contributed by atoms with van der Waals surface area (Å²) in [4.78, 5) is 17.3. The van der Waals surface area contributed by atoms with E-state index >= 15 is 0 Å². The fraction of sp³-hybridized carbons (Fsp3) is 0.500. The first-order valence-corrected chi connectivity index (χ1v) is 5.78. The number of nitrogens with one attached hydrogen (secondary N) is 1. The predicted molar refractivity (Wildman–Crippen MR) is 63.7 cm³/mol. The minimum Gasteiger partial charge on any atom is -0.480 e. The van der Waals surface area contributed by atoms with Crippen molar-refractivity contribution in [3.63, 3.8) is 0 Å². The summed E-state index contributed by atoms with van der Waals surface area (Å²) in [6, 6.07) is 3.30. The van der Waals surface area contributed by atoms with Gasteiger partial charge in [0.25, 0.3) is 0 Å². The van der Waals surface area contributed by atoms with Crippen molar-refractivity contribution in [2.75, 3.05) is 19.6 Å². The van der Waals surface area contributed by atoms with Gasteiger partial charge in [0.2, 0.25) is 0 Å². The molecule has 0 bridgehead atoms. The van der Waals surface area contributed by atoms with Crippen LogP contribution in [0, 0.1) is 0 Å². The number of piperazine rings is 1. The van der Waals surface area contributed by atoms with Crippen LogP contribution in [0.15, 0.2) is 24.5 Å². The Morgan fingerprint density at radius 2 is 2.29 bits per heavy atom. The molecule has 0 radical (unpaired) electrons. The molecule has 0 amide bonds. The monoisotopic (exact) mass is 235 g/mol. The lowest BCUT2D eigenvalue weighted by molar-refractivity contribution is -0.144. The summed E-state index contributed by atoms with van der Waals surface area (Å²) in [6.45, 7) is 4.40. The maximum absolute atomic E-state index is 11.4. The van der Waals surface area contributed by atoms with Gasteiger partial charge < -0.3 is 10.4 Å². The summed E-state index contributed by atoms with van der Waals surface area (Å²) in [5.41, 5.74) is 0.793. The zero-order valence-electron chi connectivity index (χ0n) is 9.84. The Morgan fingerprint density at radius 1 is 1.59 bits per heavy atom. The van der Waals surface area contributed by atoms with Gasteiger partial charge in [0.1, 0.15) is 6.04 Å². The van der Waals surface area contributed by atoms with E-state index in [0.717, 1.165) is 25.2 Å². The van der Waals surface area contributed by atoms with Gasteiger partial charge in [0, 0.05) is 38.1 Å². The molecule has 2 N–H and O–H groups in total. The molecule has 5 heteroatoms. The van der Waals surface area contributed by atoms with Gasteiger partial charge in [-0.25, -0.2) is 0 Å².